The van der Waals surface area contributed by atoms with Crippen LogP contribution >= 0.6 is 0 Å². The van der Waals surface area contributed by atoms with Gasteiger partial charge in [0.2, 0.25) is 0 Å². The van der Waals surface area contributed by atoms with Gasteiger partial charge in [0.1, 0.15) is 12.2 Å². The largest absolute Gasteiger partial charge is 0.466 e. The molecule has 0 atom stereocenters. The number of ether oxygens (including phenoxy) is 1. The van der Waals surface area contributed by atoms with Gasteiger partial charge in [0, 0.05) is 22.4 Å². The number of para-hydroxylation sites is 1. The van der Waals surface area contributed by atoms with E-state index in [0.717, 1.165) is 46.1 Å². The number of benzene rings is 2. The highest BCUT2D eigenvalue weighted by molar-refractivity contribution is 6.06. The summed E-state index contributed by atoms with van der Waals surface area (Å²) in [4.78, 5) is 28.8. The lowest BCUT2D eigenvalue weighted by Gasteiger charge is -2.15. The highest BCUT2D eigenvalue weighted by Crippen LogP contribution is 2.45. The number of nitrogens with zero attached hydrogens (tertiary/aromatic N) is 1. The normalized spacial score (nSPS) is 13.7. The molecule has 0 amide bonds. The smallest absolute Gasteiger partial charge is 0.313 e. The third-order valence-electron chi connectivity index (χ3n) is 5.12. The molecule has 30 heavy (non-hydrogen) atoms. The van der Waals surface area contributed by atoms with Crippen molar-refractivity contribution in [2.75, 3.05) is 6.61 Å². The number of hydrogen-bond acceptors (Lipinski definition) is 4. The van der Waals surface area contributed by atoms with E-state index in [1.165, 1.54) is 18.2 Å². The number of fused-ring (bicyclic) bond motifs is 1. The van der Waals surface area contributed by atoms with Gasteiger partial charge >= 0.3 is 5.97 Å². The molecular formula is C25H22FNO3. The predicted octanol–water partition coefficient (Wildman–Crippen LogP) is 5.45. The molecule has 1 heterocycles. The Hall–Kier alpha value is -3.34. The van der Waals surface area contributed by atoms with Crippen LogP contribution in [0.15, 0.2) is 54.6 Å². The van der Waals surface area contributed by atoms with Gasteiger partial charge in [0.25, 0.3) is 0 Å². The van der Waals surface area contributed by atoms with E-state index in [0.29, 0.717) is 5.92 Å². The molecule has 0 bridgehead atoms. The average molecular weight is 403 g/mol. The minimum Gasteiger partial charge on any atom is -0.466 e. The maximum atomic E-state index is 13.6. The number of ketones is 1. The zero-order chi connectivity index (χ0) is 21.1. The summed E-state index contributed by atoms with van der Waals surface area (Å²) in [6.45, 7) is 1.95. The van der Waals surface area contributed by atoms with Crippen molar-refractivity contribution in [1.82, 2.24) is 4.98 Å². The minimum absolute atomic E-state index is 0.241. The number of pyridine rings is 1. The summed E-state index contributed by atoms with van der Waals surface area (Å²) in [7, 11) is 0. The van der Waals surface area contributed by atoms with E-state index in [4.69, 9.17) is 9.72 Å². The molecule has 2 aromatic carbocycles. The van der Waals surface area contributed by atoms with Crippen molar-refractivity contribution in [3.05, 3.63) is 71.7 Å². The van der Waals surface area contributed by atoms with Gasteiger partial charge in [-0.15, -0.1) is 0 Å². The quantitative estimate of drug-likeness (QED) is 0.299. The van der Waals surface area contributed by atoms with Gasteiger partial charge in [-0.25, -0.2) is 4.39 Å². The van der Waals surface area contributed by atoms with E-state index in [9.17, 15) is 14.0 Å². The number of rotatable bonds is 7. The monoisotopic (exact) mass is 403 g/mol. The third kappa shape index (κ3) is 4.30. The summed E-state index contributed by atoms with van der Waals surface area (Å²) >= 11 is 0. The Morgan fingerprint density at radius 1 is 1.13 bits per heavy atom. The predicted molar refractivity (Wildman–Crippen MR) is 114 cm³/mol. The Labute approximate surface area is 174 Å². The first-order chi connectivity index (χ1) is 14.6. The molecule has 1 aliphatic rings. The molecule has 4 rings (SSSR count). The van der Waals surface area contributed by atoms with E-state index in [2.05, 4.69) is 0 Å². The van der Waals surface area contributed by atoms with E-state index < -0.39 is 5.97 Å². The Bertz CT molecular complexity index is 1130. The number of allylic oxidation sites excluding steroid dienone is 1. The summed E-state index contributed by atoms with van der Waals surface area (Å²) in [6.07, 6.45) is 4.96. The van der Waals surface area contributed by atoms with Gasteiger partial charge in [-0.1, -0.05) is 30.3 Å². The summed E-state index contributed by atoms with van der Waals surface area (Å²) in [5, 5.41) is 0.936. The van der Waals surface area contributed by atoms with Crippen molar-refractivity contribution >= 4 is 28.7 Å². The van der Waals surface area contributed by atoms with Crippen LogP contribution in [0.4, 0.5) is 4.39 Å². The average Bonchev–Trinajstić information content (AvgIpc) is 3.57. The Morgan fingerprint density at radius 2 is 1.87 bits per heavy atom. The van der Waals surface area contributed by atoms with Gasteiger partial charge in [-0.3, -0.25) is 14.6 Å². The SMILES string of the molecule is CCOC(=O)CC(=O)/C=C/c1c(C2CC2)nc2ccccc2c1-c1ccc(F)cc1. The standard InChI is InChI=1S/C25H22FNO3/c1-2-30-23(29)15-19(28)13-14-21-24(16-9-11-18(26)12-10-16)20-5-3-4-6-22(20)27-25(21)17-7-8-17/h3-6,9-14,17H,2,7-8,15H2,1H3/b14-13+. The van der Waals surface area contributed by atoms with Crippen LogP contribution < -0.4 is 0 Å². The molecule has 4 nitrogen and oxygen atoms in total. The fraction of sp³-hybridized carbons (Fsp3) is 0.240. The lowest BCUT2D eigenvalue weighted by molar-refractivity contribution is -0.144. The van der Waals surface area contributed by atoms with Crippen LogP contribution in [0.2, 0.25) is 0 Å². The highest BCUT2D eigenvalue weighted by atomic mass is 19.1. The van der Waals surface area contributed by atoms with Crippen LogP contribution in [-0.2, 0) is 14.3 Å². The van der Waals surface area contributed by atoms with Crippen molar-refractivity contribution in [3.63, 3.8) is 0 Å². The zero-order valence-corrected chi connectivity index (χ0v) is 16.7. The van der Waals surface area contributed by atoms with Crippen molar-refractivity contribution in [2.45, 2.75) is 32.1 Å². The molecule has 1 saturated carbocycles. The van der Waals surface area contributed by atoms with Crippen molar-refractivity contribution in [2.24, 2.45) is 0 Å². The molecule has 1 aromatic heterocycles. The van der Waals surface area contributed by atoms with Crippen LogP contribution in [0.5, 0.6) is 0 Å². The topological polar surface area (TPSA) is 56.3 Å². The second-order valence-corrected chi connectivity index (χ2v) is 7.37. The number of aromatic nitrogens is 1. The van der Waals surface area contributed by atoms with E-state index in [-0.39, 0.29) is 24.6 Å². The molecule has 0 radical (unpaired) electrons. The molecule has 5 heteroatoms. The van der Waals surface area contributed by atoms with Gasteiger partial charge in [-0.05, 0) is 55.7 Å². The third-order valence-corrected chi connectivity index (χ3v) is 5.12. The fourth-order valence-corrected chi connectivity index (χ4v) is 3.60. The molecular weight excluding hydrogens is 381 g/mol. The maximum absolute atomic E-state index is 13.6. The summed E-state index contributed by atoms with van der Waals surface area (Å²) in [5.74, 6) is -0.826. The molecule has 0 unspecified atom stereocenters. The van der Waals surface area contributed by atoms with Gasteiger partial charge in [0.15, 0.2) is 5.78 Å². The van der Waals surface area contributed by atoms with E-state index in [1.54, 1.807) is 25.1 Å². The molecule has 0 N–H and O–H groups in total. The number of carbonyl (C=O) groups is 2. The van der Waals surface area contributed by atoms with Crippen LogP contribution in [0.25, 0.3) is 28.1 Å². The fourth-order valence-electron chi connectivity index (χ4n) is 3.60. The van der Waals surface area contributed by atoms with Crippen molar-refractivity contribution < 1.29 is 18.7 Å². The molecule has 0 saturated heterocycles. The summed E-state index contributed by atoms with van der Waals surface area (Å²) in [6, 6.07) is 14.2. The first-order valence-electron chi connectivity index (χ1n) is 10.1. The van der Waals surface area contributed by atoms with Crippen LogP contribution in [0.3, 0.4) is 0 Å². The molecule has 152 valence electrons. The van der Waals surface area contributed by atoms with Gasteiger partial charge in [-0.2, -0.15) is 0 Å². The maximum Gasteiger partial charge on any atom is 0.313 e. The minimum atomic E-state index is -0.537. The van der Waals surface area contributed by atoms with Crippen molar-refractivity contribution in [3.8, 4) is 11.1 Å². The van der Waals surface area contributed by atoms with Crippen LogP contribution in [0.1, 0.15) is 43.4 Å². The number of hydrogen-bond donors (Lipinski definition) is 0. The summed E-state index contributed by atoms with van der Waals surface area (Å²) in [5.41, 5.74) is 4.43. The van der Waals surface area contributed by atoms with Crippen molar-refractivity contribution in [1.29, 1.82) is 0 Å². The Kier molecular flexibility index (Phi) is 5.70. The lowest BCUT2D eigenvalue weighted by atomic mass is 9.92. The summed E-state index contributed by atoms with van der Waals surface area (Å²) < 4.78 is 18.4. The second kappa shape index (κ2) is 8.57. The first kappa shape index (κ1) is 20.0. The molecule has 1 fully saturated rings. The van der Waals surface area contributed by atoms with Crippen LogP contribution in [-0.4, -0.2) is 23.3 Å². The van der Waals surface area contributed by atoms with Crippen LogP contribution in [0, 0.1) is 5.82 Å². The molecule has 3 aromatic rings. The van der Waals surface area contributed by atoms with Gasteiger partial charge in [0.05, 0.1) is 17.8 Å². The van der Waals surface area contributed by atoms with E-state index in [1.807, 2.05) is 24.3 Å². The molecule has 0 aliphatic heterocycles. The second-order valence-electron chi connectivity index (χ2n) is 7.37. The number of carbonyl (C=O) groups excluding carboxylic acids is 2. The number of halogens is 1. The first-order valence-corrected chi connectivity index (χ1v) is 10.1. The Balaban J connectivity index is 1.84. The highest BCUT2D eigenvalue weighted by Gasteiger charge is 2.29. The Morgan fingerprint density at radius 3 is 2.57 bits per heavy atom. The van der Waals surface area contributed by atoms with Gasteiger partial charge < -0.3 is 4.74 Å². The lowest BCUT2D eigenvalue weighted by Crippen LogP contribution is -2.09. The zero-order valence-electron chi connectivity index (χ0n) is 16.7. The molecule has 1 aliphatic carbocycles. The van der Waals surface area contributed by atoms with E-state index >= 15 is 0 Å². The number of esters is 1. The molecule has 0 spiro atoms.